The van der Waals surface area contributed by atoms with E-state index in [-0.39, 0.29) is 0 Å². The minimum absolute atomic E-state index is 0.521. The van der Waals surface area contributed by atoms with Crippen molar-refractivity contribution in [2.45, 2.75) is 0 Å². The van der Waals surface area contributed by atoms with Crippen molar-refractivity contribution in [2.75, 3.05) is 6.73 Å². The van der Waals surface area contributed by atoms with Crippen molar-refractivity contribution in [3.05, 3.63) is 24.1 Å². The molecule has 0 bridgehead atoms. The van der Waals surface area contributed by atoms with Crippen molar-refractivity contribution >= 4 is 6.21 Å². The molecule has 0 aromatic rings. The highest BCUT2D eigenvalue weighted by Gasteiger charge is 2.13. The van der Waals surface area contributed by atoms with Gasteiger partial charge in [0.1, 0.15) is 12.5 Å². The minimum atomic E-state index is 0.521. The van der Waals surface area contributed by atoms with Crippen molar-refractivity contribution < 1.29 is 4.74 Å². The van der Waals surface area contributed by atoms with E-state index >= 15 is 0 Å². The number of hydrazone groups is 1. The Morgan fingerprint density at radius 3 is 3.67 bits per heavy atom. The number of hydrogen-bond acceptors (Lipinski definition) is 3. The summed E-state index contributed by atoms with van der Waals surface area (Å²) >= 11 is 0. The van der Waals surface area contributed by atoms with Gasteiger partial charge in [0.25, 0.3) is 0 Å². The summed E-state index contributed by atoms with van der Waals surface area (Å²) in [4.78, 5) is 0. The third-order valence-corrected chi connectivity index (χ3v) is 1.21. The molecule has 45 valence electrons. The van der Waals surface area contributed by atoms with Crippen LogP contribution in [-0.2, 0) is 4.74 Å². The van der Waals surface area contributed by atoms with Gasteiger partial charge in [0.15, 0.2) is 6.73 Å². The zero-order chi connectivity index (χ0) is 6.10. The molecule has 2 aliphatic heterocycles. The van der Waals surface area contributed by atoms with Crippen molar-refractivity contribution in [1.29, 1.82) is 0 Å². The maximum atomic E-state index is 4.97. The summed E-state index contributed by atoms with van der Waals surface area (Å²) in [5.41, 5.74) is 0.994. The first-order chi connectivity index (χ1) is 4.47. The summed E-state index contributed by atoms with van der Waals surface area (Å²) in [6, 6.07) is 0. The summed E-state index contributed by atoms with van der Waals surface area (Å²) in [5, 5.41) is 5.63. The lowest BCUT2D eigenvalue weighted by atomic mass is 10.4. The van der Waals surface area contributed by atoms with Crippen LogP contribution >= 0.6 is 0 Å². The third kappa shape index (κ3) is 0.614. The van der Waals surface area contributed by atoms with Gasteiger partial charge in [-0.2, -0.15) is 5.10 Å². The summed E-state index contributed by atoms with van der Waals surface area (Å²) < 4.78 is 4.97. The van der Waals surface area contributed by atoms with Gasteiger partial charge >= 0.3 is 0 Å². The number of allylic oxidation sites excluding steroid dienone is 2. The Hall–Kier alpha value is -1.25. The van der Waals surface area contributed by atoms with E-state index in [0.717, 1.165) is 5.70 Å². The second kappa shape index (κ2) is 1.62. The lowest BCUT2D eigenvalue weighted by molar-refractivity contribution is 0.172. The standard InChI is InChI=1S/C6H5N2O/c1-2-6-4-9-5-8(6)7-3-1/h1-2,4H,5H2. The van der Waals surface area contributed by atoms with Gasteiger partial charge in [0.05, 0.1) is 5.70 Å². The second-order valence-corrected chi connectivity index (χ2v) is 1.80. The van der Waals surface area contributed by atoms with Crippen LogP contribution in [0, 0.1) is 0 Å². The van der Waals surface area contributed by atoms with Crippen LogP contribution in [0.1, 0.15) is 0 Å². The van der Waals surface area contributed by atoms with Gasteiger partial charge in [0, 0.05) is 0 Å². The van der Waals surface area contributed by atoms with E-state index in [9.17, 15) is 0 Å². The van der Waals surface area contributed by atoms with Crippen LogP contribution in [0.25, 0.3) is 0 Å². The molecule has 3 heteroatoms. The fourth-order valence-electron chi connectivity index (χ4n) is 0.766. The smallest absolute Gasteiger partial charge is 0.180 e. The third-order valence-electron chi connectivity index (χ3n) is 1.21. The van der Waals surface area contributed by atoms with Gasteiger partial charge in [-0.15, -0.1) is 0 Å². The number of fused-ring (bicyclic) bond motifs is 1. The SMILES string of the molecule is [C]1=NN2COC=C2C=C1. The largest absolute Gasteiger partial charge is 0.477 e. The van der Waals surface area contributed by atoms with Gasteiger partial charge in [-0.25, -0.2) is 5.01 Å². The van der Waals surface area contributed by atoms with Gasteiger partial charge in [-0.3, -0.25) is 0 Å². The van der Waals surface area contributed by atoms with E-state index in [0.29, 0.717) is 6.73 Å². The maximum Gasteiger partial charge on any atom is 0.180 e. The number of nitrogens with zero attached hydrogens (tertiary/aromatic N) is 2. The maximum absolute atomic E-state index is 4.97. The average Bonchev–Trinajstić information content (AvgIpc) is 2.33. The highest BCUT2D eigenvalue weighted by Crippen LogP contribution is 2.15. The topological polar surface area (TPSA) is 24.8 Å². The molecule has 0 aromatic heterocycles. The zero-order valence-corrected chi connectivity index (χ0v) is 4.74. The highest BCUT2D eigenvalue weighted by atomic mass is 16.5. The number of rotatable bonds is 0. The van der Waals surface area contributed by atoms with Crippen LogP contribution in [0.3, 0.4) is 0 Å². The van der Waals surface area contributed by atoms with Gasteiger partial charge in [0.2, 0.25) is 0 Å². The monoisotopic (exact) mass is 121 g/mol. The van der Waals surface area contributed by atoms with Crippen LogP contribution in [0.2, 0.25) is 0 Å². The Kier molecular flexibility index (Phi) is 0.828. The molecule has 0 spiro atoms. The molecule has 0 N–H and O–H groups in total. The molecule has 2 aliphatic rings. The van der Waals surface area contributed by atoms with E-state index in [2.05, 4.69) is 11.3 Å². The van der Waals surface area contributed by atoms with Crippen LogP contribution in [0.4, 0.5) is 0 Å². The Balaban J connectivity index is 2.33. The normalized spacial score (nSPS) is 21.3. The molecule has 2 heterocycles. The van der Waals surface area contributed by atoms with E-state index in [1.54, 1.807) is 17.3 Å². The first-order valence-corrected chi connectivity index (χ1v) is 2.69. The van der Waals surface area contributed by atoms with Crippen molar-refractivity contribution in [3.8, 4) is 0 Å². The first kappa shape index (κ1) is 4.61. The molecule has 0 unspecified atom stereocenters. The number of hydrogen-bond donors (Lipinski definition) is 0. The predicted octanol–water partition coefficient (Wildman–Crippen LogP) is 0.550. The molecule has 0 aromatic carbocycles. The van der Waals surface area contributed by atoms with Crippen LogP contribution in [0.5, 0.6) is 0 Å². The molecule has 0 atom stereocenters. The van der Waals surface area contributed by atoms with Crippen LogP contribution < -0.4 is 0 Å². The van der Waals surface area contributed by atoms with Crippen molar-refractivity contribution in [3.63, 3.8) is 0 Å². The molecule has 9 heavy (non-hydrogen) atoms. The summed E-state index contributed by atoms with van der Waals surface area (Å²) in [6.45, 7) is 0.521. The molecule has 0 fully saturated rings. The van der Waals surface area contributed by atoms with Crippen LogP contribution in [0.15, 0.2) is 29.2 Å². The fraction of sp³-hybridized carbons (Fsp3) is 0.167. The fourth-order valence-corrected chi connectivity index (χ4v) is 0.766. The Morgan fingerprint density at radius 2 is 2.78 bits per heavy atom. The molecule has 0 amide bonds. The van der Waals surface area contributed by atoms with Crippen molar-refractivity contribution in [1.82, 2.24) is 5.01 Å². The molecule has 0 saturated carbocycles. The summed E-state index contributed by atoms with van der Waals surface area (Å²) in [5.74, 6) is 0. The average molecular weight is 121 g/mol. The summed E-state index contributed by atoms with van der Waals surface area (Å²) in [7, 11) is 0. The second-order valence-electron chi connectivity index (χ2n) is 1.80. The first-order valence-electron chi connectivity index (χ1n) is 2.69. The minimum Gasteiger partial charge on any atom is -0.477 e. The Morgan fingerprint density at radius 1 is 1.78 bits per heavy atom. The van der Waals surface area contributed by atoms with E-state index in [1.807, 2.05) is 6.08 Å². The Bertz CT molecular complexity index is 202. The Labute approximate surface area is 52.9 Å². The molecule has 1 radical (unpaired) electrons. The molecule has 0 saturated heterocycles. The van der Waals surface area contributed by atoms with Gasteiger partial charge in [-0.05, 0) is 12.2 Å². The van der Waals surface area contributed by atoms with Gasteiger partial charge < -0.3 is 4.74 Å². The molecule has 3 nitrogen and oxygen atoms in total. The van der Waals surface area contributed by atoms with E-state index in [4.69, 9.17) is 4.74 Å². The van der Waals surface area contributed by atoms with Crippen molar-refractivity contribution in [2.24, 2.45) is 5.10 Å². The number of ether oxygens (including phenoxy) is 1. The van der Waals surface area contributed by atoms with Gasteiger partial charge in [-0.1, -0.05) is 0 Å². The molecule has 0 aliphatic carbocycles. The summed E-state index contributed by atoms with van der Waals surface area (Å²) in [6.07, 6.45) is 8.05. The quantitative estimate of drug-likeness (QED) is 0.467. The van der Waals surface area contributed by atoms with E-state index in [1.165, 1.54) is 0 Å². The lowest BCUT2D eigenvalue weighted by Gasteiger charge is -2.11. The van der Waals surface area contributed by atoms with E-state index < -0.39 is 0 Å². The zero-order valence-electron chi connectivity index (χ0n) is 4.74. The van der Waals surface area contributed by atoms with Crippen LogP contribution in [-0.4, -0.2) is 18.0 Å². The highest BCUT2D eigenvalue weighted by molar-refractivity contribution is 5.73. The molecular weight excluding hydrogens is 116 g/mol. The molecular formula is C6H5N2O. The lowest BCUT2D eigenvalue weighted by Crippen LogP contribution is -2.13. The molecule has 2 rings (SSSR count). The predicted molar refractivity (Wildman–Crippen MR) is 32.4 cm³/mol.